The maximum Gasteiger partial charge on any atom is 0.231 e. The van der Waals surface area contributed by atoms with Crippen molar-refractivity contribution in [2.75, 3.05) is 21.5 Å². The van der Waals surface area contributed by atoms with Gasteiger partial charge in [-0.3, -0.25) is 0 Å². The number of nitrogens with zero attached hydrogens (tertiary/aromatic N) is 3. The normalized spacial score (nSPS) is 16.2. The van der Waals surface area contributed by atoms with E-state index in [2.05, 4.69) is 302 Å². The summed E-state index contributed by atoms with van der Waals surface area (Å²) in [4.78, 5) is 7.66. The highest BCUT2D eigenvalue weighted by molar-refractivity contribution is 6.91. The topological polar surface area (TPSA) is 28.2 Å². The molecule has 1 unspecified atom stereocenters. The lowest BCUT2D eigenvalue weighted by molar-refractivity contribution is 0.174. The van der Waals surface area contributed by atoms with Gasteiger partial charge in [0, 0.05) is 51.5 Å². The molecule has 0 fully saturated rings. The van der Waals surface area contributed by atoms with E-state index in [9.17, 15) is 0 Å². The second-order valence-electron chi connectivity index (χ2n) is 25.5. The summed E-state index contributed by atoms with van der Waals surface area (Å²) < 4.78 is 12.7. The summed E-state index contributed by atoms with van der Waals surface area (Å²) in [5.41, 5.74) is 23.7. The molecule has 3 heterocycles. The lowest BCUT2D eigenvalue weighted by atomic mass is 9.29. The Kier molecular flexibility index (Phi) is 12.4. The van der Waals surface area contributed by atoms with E-state index >= 15 is 0 Å². The molecular weight excluding hydrogens is 974 g/mol. The Morgan fingerprint density at radius 1 is 0.475 bits per heavy atom. The third-order valence-corrected chi connectivity index (χ3v) is 16.9. The van der Waals surface area contributed by atoms with Gasteiger partial charge in [-0.2, -0.15) is 0 Å². The Morgan fingerprint density at radius 3 is 1.56 bits per heavy atom. The van der Waals surface area contributed by atoms with Gasteiger partial charge in [0.1, 0.15) is 0 Å². The molecule has 0 aromatic heterocycles. The van der Waals surface area contributed by atoms with Gasteiger partial charge in [0.2, 0.25) is 13.5 Å². The van der Waals surface area contributed by atoms with Crippen molar-refractivity contribution in [1.29, 1.82) is 0 Å². The highest BCUT2D eigenvalue weighted by atomic mass is 16.7. The van der Waals surface area contributed by atoms with Gasteiger partial charge < -0.3 is 24.2 Å². The average Bonchev–Trinajstić information content (AvgIpc) is 3.91. The summed E-state index contributed by atoms with van der Waals surface area (Å²) in [6.07, 6.45) is 7.45. The molecule has 2 atom stereocenters. The van der Waals surface area contributed by atoms with E-state index in [1.54, 1.807) is 0 Å². The third kappa shape index (κ3) is 9.09. The molecule has 9 aromatic rings. The second-order valence-corrected chi connectivity index (χ2v) is 25.5. The molecule has 0 bridgehead atoms. The zero-order chi connectivity index (χ0) is 55.2. The van der Waals surface area contributed by atoms with E-state index in [1.807, 2.05) is 0 Å². The van der Waals surface area contributed by atoms with Gasteiger partial charge in [-0.15, -0.1) is 0 Å². The number of para-hydroxylation sites is 2. The van der Waals surface area contributed by atoms with Crippen LogP contribution < -0.4 is 35.1 Å². The molecular formula is C74H70BN3O2. The first kappa shape index (κ1) is 51.0. The van der Waals surface area contributed by atoms with Gasteiger partial charge in [-0.25, -0.2) is 0 Å². The zero-order valence-electron chi connectivity index (χ0n) is 47.9. The Morgan fingerprint density at radius 2 is 1.00 bits per heavy atom. The van der Waals surface area contributed by atoms with Crippen molar-refractivity contribution in [2.24, 2.45) is 0 Å². The first-order chi connectivity index (χ1) is 38.5. The van der Waals surface area contributed by atoms with Crippen LogP contribution in [-0.4, -0.2) is 19.5 Å². The lowest BCUT2D eigenvalue weighted by Crippen LogP contribution is -2.62. The number of hydrogen-bond acceptors (Lipinski definition) is 5. The standard InChI is InChI=1S/C74H70BN3O2/c1-48-38-67-71-68(39-48)78(64-37-34-56(74(8,9)10)43-61(64)51-20-14-11-15-21-51)66-46-70-69(79-47-80-70)45-63(66)75(71)62-36-35-59(76(57-22-16-12-17-23-57)58-24-18-13-19-25-58)44-65(62)77(67)60-41-52(49-26-30-54(31-27-49)72(2,3)4)40-53(42-60)50-28-32-55(33-29-50)73(5,6)7/h11-46,62,65H,47H2,1-10H3/t62?,65-/m0/s1. The Bertz CT molecular complexity index is 3770. The van der Waals surface area contributed by atoms with Crippen LogP contribution in [0.25, 0.3) is 33.4 Å². The van der Waals surface area contributed by atoms with Crippen molar-refractivity contribution < 1.29 is 9.47 Å². The van der Waals surface area contributed by atoms with E-state index in [0.717, 1.165) is 45.6 Å². The van der Waals surface area contributed by atoms with Crippen LogP contribution in [0.4, 0.5) is 39.8 Å². The molecule has 9 aromatic carbocycles. The Balaban J connectivity index is 1.10. The van der Waals surface area contributed by atoms with Crippen LogP contribution in [0.2, 0.25) is 5.82 Å². The maximum atomic E-state index is 6.35. The van der Waals surface area contributed by atoms with Crippen LogP contribution >= 0.6 is 0 Å². The lowest BCUT2D eigenvalue weighted by Gasteiger charge is -2.51. The summed E-state index contributed by atoms with van der Waals surface area (Å²) in [6.45, 7) is 23.1. The molecule has 0 saturated heterocycles. The van der Waals surface area contributed by atoms with Crippen LogP contribution in [0.3, 0.4) is 0 Å². The van der Waals surface area contributed by atoms with Gasteiger partial charge in [-0.1, -0.05) is 190 Å². The van der Waals surface area contributed by atoms with Crippen molar-refractivity contribution in [3.63, 3.8) is 0 Å². The van der Waals surface area contributed by atoms with Crippen molar-refractivity contribution >= 4 is 57.5 Å². The SMILES string of the molecule is Cc1cc2c3c(c1)N(c1cc(-c4ccc(C(C)(C)C)cc4)cc(-c4ccc(C(C)(C)C)cc4)c1)[C@H]1C=C(N(c4ccccc4)c4ccccc4)C=CC1B3c1cc3c(cc1N2c1ccc(C(C)(C)C)cc1-c1ccccc1)OCO3. The minimum absolute atomic E-state index is 0.0107. The Hall–Kier alpha value is -8.48. The summed E-state index contributed by atoms with van der Waals surface area (Å²) in [5.74, 6) is 1.54. The molecule has 0 amide bonds. The molecule has 13 rings (SSSR count). The molecule has 1 aliphatic carbocycles. The van der Waals surface area contributed by atoms with Gasteiger partial charge >= 0.3 is 0 Å². The number of allylic oxidation sites excluding steroid dienone is 1. The van der Waals surface area contributed by atoms with Gasteiger partial charge in [-0.05, 0) is 175 Å². The van der Waals surface area contributed by atoms with E-state index in [-0.39, 0.29) is 41.6 Å². The fraction of sp³-hybridized carbons (Fsp3) is 0.216. The quantitative estimate of drug-likeness (QED) is 0.141. The number of aryl methyl sites for hydroxylation is 1. The molecule has 3 aliphatic heterocycles. The molecule has 0 saturated carbocycles. The van der Waals surface area contributed by atoms with Crippen LogP contribution in [0.5, 0.6) is 11.5 Å². The summed E-state index contributed by atoms with van der Waals surface area (Å²) >= 11 is 0. The summed E-state index contributed by atoms with van der Waals surface area (Å²) in [7, 11) is 0. The summed E-state index contributed by atoms with van der Waals surface area (Å²) in [6, 6.07) is 74.8. The van der Waals surface area contributed by atoms with Crippen LogP contribution in [-0.2, 0) is 16.2 Å². The number of fused-ring (bicyclic) bond motifs is 5. The third-order valence-electron chi connectivity index (χ3n) is 16.9. The predicted octanol–water partition coefficient (Wildman–Crippen LogP) is 18.2. The van der Waals surface area contributed by atoms with Crippen molar-refractivity contribution in [2.45, 2.75) is 97.3 Å². The minimum Gasteiger partial charge on any atom is -0.454 e. The fourth-order valence-corrected chi connectivity index (χ4v) is 12.7. The van der Waals surface area contributed by atoms with Crippen molar-refractivity contribution in [3.8, 4) is 44.9 Å². The maximum absolute atomic E-state index is 6.35. The van der Waals surface area contributed by atoms with E-state index in [4.69, 9.17) is 9.47 Å². The van der Waals surface area contributed by atoms with Gasteiger partial charge in [0.05, 0.1) is 11.7 Å². The first-order valence-electron chi connectivity index (χ1n) is 28.5. The van der Waals surface area contributed by atoms with Gasteiger partial charge in [0.25, 0.3) is 0 Å². The van der Waals surface area contributed by atoms with Crippen LogP contribution in [0, 0.1) is 6.92 Å². The summed E-state index contributed by atoms with van der Waals surface area (Å²) in [5, 5.41) is 0. The molecule has 80 heavy (non-hydrogen) atoms. The smallest absolute Gasteiger partial charge is 0.231 e. The zero-order valence-corrected chi connectivity index (χ0v) is 47.9. The number of ether oxygens (including phenoxy) is 2. The molecule has 0 N–H and O–H groups in total. The average molecular weight is 1040 g/mol. The minimum atomic E-state index is -0.137. The highest BCUT2D eigenvalue weighted by Crippen LogP contribution is 2.53. The number of benzene rings is 9. The van der Waals surface area contributed by atoms with Crippen LogP contribution in [0.1, 0.15) is 84.6 Å². The monoisotopic (exact) mass is 1040 g/mol. The van der Waals surface area contributed by atoms with E-state index < -0.39 is 0 Å². The predicted molar refractivity (Wildman–Crippen MR) is 338 cm³/mol. The number of hydrogen-bond donors (Lipinski definition) is 0. The highest BCUT2D eigenvalue weighted by Gasteiger charge is 2.50. The van der Waals surface area contributed by atoms with E-state index in [0.29, 0.717) is 0 Å². The van der Waals surface area contributed by atoms with Crippen LogP contribution in [0.15, 0.2) is 224 Å². The Labute approximate surface area is 474 Å². The van der Waals surface area contributed by atoms with Gasteiger partial charge in [0.15, 0.2) is 11.5 Å². The second kappa shape index (κ2) is 19.4. The number of rotatable bonds is 8. The molecule has 5 nitrogen and oxygen atoms in total. The molecule has 6 heteroatoms. The molecule has 396 valence electrons. The molecule has 4 aliphatic rings. The fourth-order valence-electron chi connectivity index (χ4n) is 12.7. The molecule has 0 spiro atoms. The number of anilines is 7. The van der Waals surface area contributed by atoms with Crippen molar-refractivity contribution in [1.82, 2.24) is 0 Å². The first-order valence-corrected chi connectivity index (χ1v) is 28.5. The van der Waals surface area contributed by atoms with E-state index in [1.165, 1.54) is 77.9 Å². The largest absolute Gasteiger partial charge is 0.454 e. The van der Waals surface area contributed by atoms with Crippen molar-refractivity contribution in [3.05, 3.63) is 246 Å². The molecule has 0 radical (unpaired) electrons.